The van der Waals surface area contributed by atoms with Gasteiger partial charge in [-0.05, 0) is 17.7 Å². The summed E-state index contributed by atoms with van der Waals surface area (Å²) in [6, 6.07) is 7.43. The normalized spacial score (nSPS) is 12.4. The van der Waals surface area contributed by atoms with Crippen molar-refractivity contribution in [1.29, 1.82) is 0 Å². The van der Waals surface area contributed by atoms with Crippen LogP contribution in [0.3, 0.4) is 0 Å². The average Bonchev–Trinajstić information content (AvgIpc) is 2.33. The SMILES string of the molecule is O=c1ccoc(C(O)c2ccc(Cl)cc2)c1O. The van der Waals surface area contributed by atoms with Crippen molar-refractivity contribution in [3.63, 3.8) is 0 Å². The molecule has 0 aliphatic rings. The van der Waals surface area contributed by atoms with Crippen molar-refractivity contribution in [3.05, 3.63) is 63.2 Å². The van der Waals surface area contributed by atoms with E-state index in [1.54, 1.807) is 24.3 Å². The largest absolute Gasteiger partial charge is 0.502 e. The lowest BCUT2D eigenvalue weighted by molar-refractivity contribution is 0.179. The van der Waals surface area contributed by atoms with E-state index in [1.165, 1.54) is 0 Å². The van der Waals surface area contributed by atoms with Crippen LogP contribution >= 0.6 is 11.6 Å². The van der Waals surface area contributed by atoms with Crippen molar-refractivity contribution in [2.75, 3.05) is 0 Å². The van der Waals surface area contributed by atoms with Gasteiger partial charge in [0.15, 0.2) is 5.76 Å². The molecule has 2 aromatic rings. The molecule has 0 fully saturated rings. The number of aliphatic hydroxyl groups excluding tert-OH is 1. The van der Waals surface area contributed by atoms with Crippen molar-refractivity contribution in [2.45, 2.75) is 6.10 Å². The highest BCUT2D eigenvalue weighted by Gasteiger charge is 2.19. The molecule has 1 unspecified atom stereocenters. The molecular weight excluding hydrogens is 244 g/mol. The summed E-state index contributed by atoms with van der Waals surface area (Å²) in [4.78, 5) is 11.2. The number of aromatic hydroxyl groups is 1. The van der Waals surface area contributed by atoms with E-state index < -0.39 is 17.3 Å². The Hall–Kier alpha value is -1.78. The summed E-state index contributed by atoms with van der Waals surface area (Å²) in [5.74, 6) is -0.769. The van der Waals surface area contributed by atoms with Crippen LogP contribution in [0.25, 0.3) is 0 Å². The summed E-state index contributed by atoms with van der Waals surface area (Å²) >= 11 is 5.71. The van der Waals surface area contributed by atoms with Crippen molar-refractivity contribution >= 4 is 11.6 Å². The van der Waals surface area contributed by atoms with Crippen LogP contribution in [0.4, 0.5) is 0 Å². The van der Waals surface area contributed by atoms with Gasteiger partial charge in [-0.1, -0.05) is 23.7 Å². The monoisotopic (exact) mass is 252 g/mol. The van der Waals surface area contributed by atoms with E-state index >= 15 is 0 Å². The van der Waals surface area contributed by atoms with E-state index in [4.69, 9.17) is 16.0 Å². The van der Waals surface area contributed by atoms with Crippen LogP contribution in [0, 0.1) is 0 Å². The van der Waals surface area contributed by atoms with Gasteiger partial charge >= 0.3 is 0 Å². The fraction of sp³-hybridized carbons (Fsp3) is 0.0833. The lowest BCUT2D eigenvalue weighted by Crippen LogP contribution is -2.06. The Balaban J connectivity index is 2.43. The van der Waals surface area contributed by atoms with Gasteiger partial charge in [0.25, 0.3) is 0 Å². The highest BCUT2D eigenvalue weighted by atomic mass is 35.5. The maximum Gasteiger partial charge on any atom is 0.226 e. The van der Waals surface area contributed by atoms with Gasteiger partial charge in [-0.3, -0.25) is 4.79 Å². The summed E-state index contributed by atoms with van der Waals surface area (Å²) in [5.41, 5.74) is -0.127. The van der Waals surface area contributed by atoms with E-state index in [2.05, 4.69) is 0 Å². The van der Waals surface area contributed by atoms with Crippen LogP contribution in [0.2, 0.25) is 5.02 Å². The zero-order valence-electron chi connectivity index (χ0n) is 8.63. The third kappa shape index (κ3) is 2.33. The van der Waals surface area contributed by atoms with Crippen LogP contribution in [-0.2, 0) is 0 Å². The van der Waals surface area contributed by atoms with Gasteiger partial charge in [-0.2, -0.15) is 0 Å². The zero-order valence-corrected chi connectivity index (χ0v) is 9.39. The first-order chi connectivity index (χ1) is 8.09. The molecular formula is C12H9ClO4. The Kier molecular flexibility index (Phi) is 3.17. The van der Waals surface area contributed by atoms with Gasteiger partial charge in [-0.15, -0.1) is 0 Å². The smallest absolute Gasteiger partial charge is 0.226 e. The van der Waals surface area contributed by atoms with E-state index in [9.17, 15) is 15.0 Å². The molecule has 2 rings (SSSR count). The first-order valence-electron chi connectivity index (χ1n) is 4.84. The first kappa shape index (κ1) is 11.7. The molecule has 0 aliphatic carbocycles. The molecule has 1 aromatic carbocycles. The number of hydrogen-bond acceptors (Lipinski definition) is 4. The van der Waals surface area contributed by atoms with E-state index in [1.807, 2.05) is 0 Å². The number of aliphatic hydroxyl groups is 1. The molecule has 0 bridgehead atoms. The van der Waals surface area contributed by atoms with E-state index in [0.29, 0.717) is 10.6 Å². The minimum Gasteiger partial charge on any atom is -0.502 e. The van der Waals surface area contributed by atoms with Crippen molar-refractivity contribution in [3.8, 4) is 5.75 Å². The second-order valence-electron chi connectivity index (χ2n) is 3.45. The third-order valence-electron chi connectivity index (χ3n) is 2.32. The standard InChI is InChI=1S/C12H9ClO4/c13-8-3-1-7(2-4-8)10(15)12-11(16)9(14)5-6-17-12/h1-6,10,15-16H. The lowest BCUT2D eigenvalue weighted by Gasteiger charge is -2.10. The molecule has 17 heavy (non-hydrogen) atoms. The van der Waals surface area contributed by atoms with Gasteiger partial charge in [0.2, 0.25) is 11.2 Å². The number of rotatable bonds is 2. The van der Waals surface area contributed by atoms with Gasteiger partial charge in [0, 0.05) is 11.1 Å². The molecule has 4 nitrogen and oxygen atoms in total. The maximum absolute atomic E-state index is 11.2. The Morgan fingerprint density at radius 3 is 2.47 bits per heavy atom. The minimum absolute atomic E-state index is 0.181. The van der Waals surface area contributed by atoms with E-state index in [-0.39, 0.29) is 5.76 Å². The molecule has 0 amide bonds. The molecule has 1 heterocycles. The maximum atomic E-state index is 11.2. The Labute approximate surface area is 102 Å². The summed E-state index contributed by atoms with van der Waals surface area (Å²) in [7, 11) is 0. The molecule has 88 valence electrons. The fourth-order valence-electron chi connectivity index (χ4n) is 1.42. The number of hydrogen-bond donors (Lipinski definition) is 2. The third-order valence-corrected chi connectivity index (χ3v) is 2.57. The molecule has 0 spiro atoms. The highest BCUT2D eigenvalue weighted by Crippen LogP contribution is 2.27. The molecule has 1 atom stereocenters. The molecule has 0 saturated heterocycles. The quantitative estimate of drug-likeness (QED) is 0.859. The zero-order chi connectivity index (χ0) is 12.4. The molecule has 2 N–H and O–H groups in total. The summed E-state index contributed by atoms with van der Waals surface area (Å²) in [5, 5.41) is 20.0. The molecule has 0 aliphatic heterocycles. The number of halogens is 1. The summed E-state index contributed by atoms with van der Waals surface area (Å²) in [6.07, 6.45) is -0.0857. The van der Waals surface area contributed by atoms with Gasteiger partial charge in [0.05, 0.1) is 6.26 Å². The highest BCUT2D eigenvalue weighted by molar-refractivity contribution is 6.30. The average molecular weight is 253 g/mol. The predicted octanol–water partition coefficient (Wildman–Crippen LogP) is 2.08. The second kappa shape index (κ2) is 4.61. The predicted molar refractivity (Wildman–Crippen MR) is 62.2 cm³/mol. The second-order valence-corrected chi connectivity index (χ2v) is 3.89. The van der Waals surface area contributed by atoms with Crippen LogP contribution in [0.5, 0.6) is 5.75 Å². The topological polar surface area (TPSA) is 70.7 Å². The number of benzene rings is 1. The molecule has 1 aromatic heterocycles. The first-order valence-corrected chi connectivity index (χ1v) is 5.21. The van der Waals surface area contributed by atoms with Crippen LogP contribution in [0.1, 0.15) is 17.4 Å². The van der Waals surface area contributed by atoms with Crippen molar-refractivity contribution in [2.24, 2.45) is 0 Å². The van der Waals surface area contributed by atoms with Crippen LogP contribution in [-0.4, -0.2) is 10.2 Å². The Morgan fingerprint density at radius 2 is 1.82 bits per heavy atom. The fourth-order valence-corrected chi connectivity index (χ4v) is 1.54. The summed E-state index contributed by atoms with van der Waals surface area (Å²) < 4.78 is 4.95. The minimum atomic E-state index is -1.21. The van der Waals surface area contributed by atoms with Gasteiger partial charge in [-0.25, -0.2) is 0 Å². The molecule has 5 heteroatoms. The molecule has 0 saturated carbocycles. The Bertz CT molecular complexity index is 574. The summed E-state index contributed by atoms with van der Waals surface area (Å²) in [6.45, 7) is 0. The van der Waals surface area contributed by atoms with E-state index in [0.717, 1.165) is 12.3 Å². The molecule has 0 radical (unpaired) electrons. The van der Waals surface area contributed by atoms with Gasteiger partial charge < -0.3 is 14.6 Å². The van der Waals surface area contributed by atoms with Crippen LogP contribution < -0.4 is 5.43 Å². The van der Waals surface area contributed by atoms with Crippen LogP contribution in [0.15, 0.2) is 45.8 Å². The van der Waals surface area contributed by atoms with Crippen molar-refractivity contribution in [1.82, 2.24) is 0 Å². The lowest BCUT2D eigenvalue weighted by atomic mass is 10.1. The van der Waals surface area contributed by atoms with Gasteiger partial charge in [0.1, 0.15) is 6.10 Å². The Morgan fingerprint density at radius 1 is 1.18 bits per heavy atom. The van der Waals surface area contributed by atoms with Crippen molar-refractivity contribution < 1.29 is 14.6 Å².